The summed E-state index contributed by atoms with van der Waals surface area (Å²) < 4.78 is 38.0. The van der Waals surface area contributed by atoms with E-state index >= 15 is 0 Å². The fraction of sp³-hybridized carbons (Fsp3) is 0.353. The molecule has 2 amide bonds. The number of carbonyl (C=O) groups is 1. The maximum Gasteiger partial charge on any atom is 0.416 e. The summed E-state index contributed by atoms with van der Waals surface area (Å²) >= 11 is 0. The van der Waals surface area contributed by atoms with Crippen molar-refractivity contribution in [3.8, 4) is 0 Å². The van der Waals surface area contributed by atoms with Gasteiger partial charge in [0.1, 0.15) is 5.82 Å². The molecule has 1 aromatic carbocycles. The molecule has 2 aromatic rings. The minimum atomic E-state index is -4.46. The van der Waals surface area contributed by atoms with Gasteiger partial charge in [-0.2, -0.15) is 18.2 Å². The molecule has 2 rings (SSSR count). The Balaban J connectivity index is 1.80. The lowest BCUT2D eigenvalue weighted by Crippen LogP contribution is -2.32. The number of urea groups is 1. The number of amides is 2. The lowest BCUT2D eigenvalue weighted by atomic mass is 10.2. The third-order valence-electron chi connectivity index (χ3n) is 3.35. The monoisotopic (exact) mass is 382 g/mol. The fourth-order valence-corrected chi connectivity index (χ4v) is 2.21. The fourth-order valence-electron chi connectivity index (χ4n) is 2.21. The van der Waals surface area contributed by atoms with Crippen molar-refractivity contribution in [2.24, 2.45) is 0 Å². The molecule has 0 aliphatic rings. The van der Waals surface area contributed by atoms with Crippen LogP contribution in [0.2, 0.25) is 0 Å². The Morgan fingerprint density at radius 1 is 1.11 bits per heavy atom. The van der Waals surface area contributed by atoms with E-state index in [1.807, 2.05) is 13.8 Å². The average molecular weight is 382 g/mol. The number of hydrogen-bond donors (Lipinski definition) is 4. The standard InChI is InChI=1S/C17H21F3N6O/c1-3-21-15-24-11(2)9-14(26-15)22-7-8-23-16(27)25-13-6-4-5-12(10-13)17(18,19)20/h4-6,9-10H,3,7-8H2,1-2H3,(H2,23,25,27)(H2,21,22,24,26). The van der Waals surface area contributed by atoms with Gasteiger partial charge in [0.15, 0.2) is 0 Å². The number of rotatable bonds is 7. The number of aryl methyl sites for hydroxylation is 1. The molecule has 0 spiro atoms. The molecule has 1 heterocycles. The number of anilines is 3. The topological polar surface area (TPSA) is 91.0 Å². The van der Waals surface area contributed by atoms with Crippen LogP contribution in [0, 0.1) is 6.92 Å². The molecule has 0 aliphatic heterocycles. The van der Waals surface area contributed by atoms with E-state index in [9.17, 15) is 18.0 Å². The van der Waals surface area contributed by atoms with Gasteiger partial charge in [0, 0.05) is 37.1 Å². The van der Waals surface area contributed by atoms with Crippen molar-refractivity contribution < 1.29 is 18.0 Å². The van der Waals surface area contributed by atoms with E-state index < -0.39 is 17.8 Å². The van der Waals surface area contributed by atoms with Gasteiger partial charge >= 0.3 is 12.2 Å². The molecule has 0 atom stereocenters. The van der Waals surface area contributed by atoms with Crippen molar-refractivity contribution in [1.29, 1.82) is 0 Å². The molecule has 0 saturated heterocycles. The Morgan fingerprint density at radius 3 is 2.59 bits per heavy atom. The summed E-state index contributed by atoms with van der Waals surface area (Å²) in [7, 11) is 0. The molecule has 0 unspecified atom stereocenters. The molecule has 27 heavy (non-hydrogen) atoms. The smallest absolute Gasteiger partial charge is 0.368 e. The van der Waals surface area contributed by atoms with Crippen LogP contribution in [0.1, 0.15) is 18.2 Å². The van der Waals surface area contributed by atoms with Crippen LogP contribution in [0.25, 0.3) is 0 Å². The predicted molar refractivity (Wildman–Crippen MR) is 97.9 cm³/mol. The van der Waals surface area contributed by atoms with Crippen molar-refractivity contribution in [2.45, 2.75) is 20.0 Å². The Kier molecular flexibility index (Phi) is 6.80. The predicted octanol–water partition coefficient (Wildman–Crippen LogP) is 3.47. The summed E-state index contributed by atoms with van der Waals surface area (Å²) in [6.07, 6.45) is -4.46. The van der Waals surface area contributed by atoms with E-state index in [1.165, 1.54) is 12.1 Å². The molecule has 0 radical (unpaired) electrons. The number of nitrogens with zero attached hydrogens (tertiary/aromatic N) is 2. The van der Waals surface area contributed by atoms with Crippen LogP contribution in [0.5, 0.6) is 0 Å². The number of aromatic nitrogens is 2. The maximum atomic E-state index is 12.7. The number of hydrogen-bond acceptors (Lipinski definition) is 5. The van der Waals surface area contributed by atoms with Gasteiger partial charge in [-0.05, 0) is 32.0 Å². The Labute approximate surface area is 154 Å². The van der Waals surface area contributed by atoms with Crippen molar-refractivity contribution in [2.75, 3.05) is 35.6 Å². The van der Waals surface area contributed by atoms with Crippen molar-refractivity contribution in [1.82, 2.24) is 15.3 Å². The summed E-state index contributed by atoms with van der Waals surface area (Å²) in [5.74, 6) is 1.12. The second kappa shape index (κ2) is 9.06. The zero-order valence-corrected chi connectivity index (χ0v) is 14.9. The number of alkyl halides is 3. The van der Waals surface area contributed by atoms with Crippen LogP contribution in [-0.2, 0) is 6.18 Å². The minimum Gasteiger partial charge on any atom is -0.368 e. The number of nitrogens with one attached hydrogen (secondary N) is 4. The molecule has 0 aliphatic carbocycles. The summed E-state index contributed by atoms with van der Waals surface area (Å²) in [5.41, 5.74) is 0.0354. The van der Waals surface area contributed by atoms with E-state index in [4.69, 9.17) is 0 Å². The zero-order chi connectivity index (χ0) is 19.9. The lowest BCUT2D eigenvalue weighted by Gasteiger charge is -2.12. The number of carbonyl (C=O) groups excluding carboxylic acids is 1. The van der Waals surface area contributed by atoms with Crippen LogP contribution in [-0.4, -0.2) is 35.6 Å². The quantitative estimate of drug-likeness (QED) is 0.551. The summed E-state index contributed by atoms with van der Waals surface area (Å²) in [6.45, 7) is 5.11. The highest BCUT2D eigenvalue weighted by Gasteiger charge is 2.30. The van der Waals surface area contributed by atoms with E-state index in [-0.39, 0.29) is 12.2 Å². The third-order valence-corrected chi connectivity index (χ3v) is 3.35. The first kappa shape index (κ1) is 20.3. The highest BCUT2D eigenvalue weighted by atomic mass is 19.4. The number of benzene rings is 1. The van der Waals surface area contributed by atoms with Gasteiger partial charge < -0.3 is 21.3 Å². The van der Waals surface area contributed by atoms with Gasteiger partial charge in [-0.15, -0.1) is 0 Å². The lowest BCUT2D eigenvalue weighted by molar-refractivity contribution is -0.137. The van der Waals surface area contributed by atoms with Gasteiger partial charge in [-0.3, -0.25) is 0 Å². The molecule has 0 fully saturated rings. The largest absolute Gasteiger partial charge is 0.416 e. The van der Waals surface area contributed by atoms with Gasteiger partial charge in [0.05, 0.1) is 5.56 Å². The van der Waals surface area contributed by atoms with Crippen LogP contribution in [0.4, 0.5) is 35.4 Å². The molecule has 10 heteroatoms. The summed E-state index contributed by atoms with van der Waals surface area (Å²) in [6, 6.07) is 5.62. The molecule has 1 aromatic heterocycles. The van der Waals surface area contributed by atoms with Crippen LogP contribution < -0.4 is 21.3 Å². The SMILES string of the molecule is CCNc1nc(C)cc(NCCNC(=O)Nc2cccc(C(F)(F)F)c2)n1. The first-order valence-corrected chi connectivity index (χ1v) is 8.33. The Bertz CT molecular complexity index is 782. The van der Waals surface area contributed by atoms with Crippen LogP contribution in [0.15, 0.2) is 30.3 Å². The first-order valence-electron chi connectivity index (χ1n) is 8.33. The Morgan fingerprint density at radius 2 is 1.89 bits per heavy atom. The Hall–Kier alpha value is -3.04. The summed E-state index contributed by atoms with van der Waals surface area (Å²) in [4.78, 5) is 20.3. The zero-order valence-electron chi connectivity index (χ0n) is 14.9. The molecule has 0 saturated carbocycles. The molecule has 7 nitrogen and oxygen atoms in total. The molecular formula is C17H21F3N6O. The maximum absolute atomic E-state index is 12.7. The van der Waals surface area contributed by atoms with Gasteiger partial charge in [0.2, 0.25) is 5.95 Å². The average Bonchev–Trinajstić information content (AvgIpc) is 2.58. The molecule has 146 valence electrons. The normalized spacial score (nSPS) is 11.0. The van der Waals surface area contributed by atoms with Crippen LogP contribution in [0.3, 0.4) is 0 Å². The van der Waals surface area contributed by atoms with Gasteiger partial charge in [-0.25, -0.2) is 9.78 Å². The molecule has 4 N–H and O–H groups in total. The highest BCUT2D eigenvalue weighted by molar-refractivity contribution is 5.89. The van der Waals surface area contributed by atoms with Gasteiger partial charge in [0.25, 0.3) is 0 Å². The van der Waals surface area contributed by atoms with E-state index in [1.54, 1.807) is 6.07 Å². The van der Waals surface area contributed by atoms with E-state index in [0.29, 0.717) is 24.9 Å². The summed E-state index contributed by atoms with van der Waals surface area (Å²) in [5, 5.41) is 11.0. The van der Waals surface area contributed by atoms with Crippen molar-refractivity contribution >= 4 is 23.5 Å². The van der Waals surface area contributed by atoms with E-state index in [0.717, 1.165) is 17.8 Å². The highest BCUT2D eigenvalue weighted by Crippen LogP contribution is 2.30. The van der Waals surface area contributed by atoms with Crippen LogP contribution >= 0.6 is 0 Å². The number of halogens is 3. The second-order valence-electron chi connectivity index (χ2n) is 5.63. The third kappa shape index (κ3) is 6.65. The second-order valence-corrected chi connectivity index (χ2v) is 5.63. The first-order chi connectivity index (χ1) is 12.8. The molecule has 0 bridgehead atoms. The van der Waals surface area contributed by atoms with Crippen molar-refractivity contribution in [3.63, 3.8) is 0 Å². The van der Waals surface area contributed by atoms with Crippen molar-refractivity contribution in [3.05, 3.63) is 41.6 Å². The molecular weight excluding hydrogens is 361 g/mol. The van der Waals surface area contributed by atoms with E-state index in [2.05, 4.69) is 31.2 Å². The minimum absolute atomic E-state index is 0.0667. The van der Waals surface area contributed by atoms with Gasteiger partial charge in [-0.1, -0.05) is 6.07 Å².